The molecule has 2 heterocycles. The molecule has 1 aromatic carbocycles. The molecule has 3 rings (SSSR count). The van der Waals surface area contributed by atoms with Gasteiger partial charge in [0.25, 0.3) is 0 Å². The van der Waals surface area contributed by atoms with Crippen LogP contribution in [0.15, 0.2) is 30.5 Å². The maximum atomic E-state index is 12.1. The van der Waals surface area contributed by atoms with Crippen molar-refractivity contribution in [3.8, 4) is 0 Å². The van der Waals surface area contributed by atoms with E-state index in [-0.39, 0.29) is 25.0 Å². The molecule has 0 radical (unpaired) electrons. The molecule has 6 heteroatoms. The molecule has 1 aliphatic rings. The summed E-state index contributed by atoms with van der Waals surface area (Å²) in [5, 5.41) is 12.5. The second-order valence-corrected chi connectivity index (χ2v) is 5.45. The van der Waals surface area contributed by atoms with Gasteiger partial charge in [-0.3, -0.25) is 9.59 Å². The van der Waals surface area contributed by atoms with Gasteiger partial charge in [0, 0.05) is 36.6 Å². The Morgan fingerprint density at radius 3 is 3.05 bits per heavy atom. The molecule has 1 atom stereocenters. The van der Waals surface area contributed by atoms with E-state index in [9.17, 15) is 9.59 Å². The summed E-state index contributed by atoms with van der Waals surface area (Å²) in [5.41, 5.74) is 2.02. The molecule has 0 bridgehead atoms. The van der Waals surface area contributed by atoms with Crippen molar-refractivity contribution >= 4 is 22.7 Å². The number of fused-ring (bicyclic) bond motifs is 1. The highest BCUT2D eigenvalue weighted by atomic mass is 16.3. The molecule has 0 spiro atoms. The Kier molecular flexibility index (Phi) is 4.11. The predicted octanol–water partition coefficient (Wildman–Crippen LogP) is 0.767. The molecule has 22 heavy (non-hydrogen) atoms. The minimum absolute atomic E-state index is 0.00516. The average molecular weight is 301 g/mol. The third-order valence-corrected chi connectivity index (χ3v) is 4.06. The molecule has 0 saturated carbocycles. The molecule has 1 fully saturated rings. The zero-order valence-electron chi connectivity index (χ0n) is 12.2. The average Bonchev–Trinajstić information content (AvgIpc) is 3.10. The van der Waals surface area contributed by atoms with E-state index in [1.54, 1.807) is 4.90 Å². The van der Waals surface area contributed by atoms with Gasteiger partial charge in [-0.05, 0) is 18.1 Å². The Bertz CT molecular complexity index is 695. The number of nitrogens with one attached hydrogen (secondary N) is 2. The van der Waals surface area contributed by atoms with Crippen molar-refractivity contribution in [2.45, 2.75) is 25.4 Å². The largest absolute Gasteiger partial charge is 0.395 e. The van der Waals surface area contributed by atoms with Gasteiger partial charge >= 0.3 is 0 Å². The van der Waals surface area contributed by atoms with Crippen LogP contribution in [0.5, 0.6) is 0 Å². The molecular weight excluding hydrogens is 282 g/mol. The number of nitrogens with zero attached hydrogens (tertiary/aromatic N) is 1. The second kappa shape index (κ2) is 6.19. The monoisotopic (exact) mass is 301 g/mol. The molecule has 1 aromatic heterocycles. The summed E-state index contributed by atoms with van der Waals surface area (Å²) in [6, 6.07) is 7.44. The zero-order valence-corrected chi connectivity index (χ0v) is 12.2. The van der Waals surface area contributed by atoms with Crippen LogP contribution in [0.2, 0.25) is 0 Å². The topological polar surface area (TPSA) is 85.4 Å². The predicted molar refractivity (Wildman–Crippen MR) is 82.0 cm³/mol. The van der Waals surface area contributed by atoms with Crippen LogP contribution in [0.1, 0.15) is 18.4 Å². The first-order valence-corrected chi connectivity index (χ1v) is 7.43. The van der Waals surface area contributed by atoms with Crippen LogP contribution in [-0.4, -0.2) is 46.0 Å². The van der Waals surface area contributed by atoms with Crippen molar-refractivity contribution in [3.63, 3.8) is 0 Å². The highest BCUT2D eigenvalue weighted by molar-refractivity contribution is 5.91. The highest BCUT2D eigenvalue weighted by Gasteiger charge is 2.36. The van der Waals surface area contributed by atoms with Crippen LogP contribution in [0.25, 0.3) is 10.9 Å². The Labute approximate surface area is 128 Å². The Hall–Kier alpha value is -2.34. The molecule has 6 nitrogen and oxygen atoms in total. The number of aliphatic hydroxyl groups excluding tert-OH is 1. The SMILES string of the molecule is O=C(NCCO)C1CCC(=O)N1Cc1c[nH]c2ccccc12. The molecule has 116 valence electrons. The molecule has 0 aliphatic carbocycles. The van der Waals surface area contributed by atoms with Crippen LogP contribution >= 0.6 is 0 Å². The van der Waals surface area contributed by atoms with Crippen LogP contribution in [0.4, 0.5) is 0 Å². The van der Waals surface area contributed by atoms with Crippen molar-refractivity contribution in [3.05, 3.63) is 36.0 Å². The first kappa shape index (κ1) is 14.6. The molecule has 1 unspecified atom stereocenters. The quantitative estimate of drug-likeness (QED) is 0.762. The Morgan fingerprint density at radius 2 is 2.23 bits per heavy atom. The van der Waals surface area contributed by atoms with Gasteiger partial charge in [-0.15, -0.1) is 0 Å². The lowest BCUT2D eigenvalue weighted by Crippen LogP contribution is -2.45. The van der Waals surface area contributed by atoms with E-state index >= 15 is 0 Å². The van der Waals surface area contributed by atoms with Gasteiger partial charge in [0.05, 0.1) is 6.61 Å². The van der Waals surface area contributed by atoms with Crippen molar-refractivity contribution in [1.82, 2.24) is 15.2 Å². The lowest BCUT2D eigenvalue weighted by Gasteiger charge is -2.23. The molecular formula is C16H19N3O3. The van der Waals surface area contributed by atoms with Crippen molar-refractivity contribution in [2.75, 3.05) is 13.2 Å². The van der Waals surface area contributed by atoms with Crippen LogP contribution < -0.4 is 5.32 Å². The number of aliphatic hydroxyl groups is 1. The van der Waals surface area contributed by atoms with E-state index < -0.39 is 6.04 Å². The standard InChI is InChI=1S/C16H19N3O3/c20-8-7-17-16(22)14-5-6-15(21)19(14)10-11-9-18-13-4-2-1-3-12(11)13/h1-4,9,14,18,20H,5-8,10H2,(H,17,22). The third kappa shape index (κ3) is 2.69. The fourth-order valence-electron chi connectivity index (χ4n) is 2.95. The number of hydrogen-bond acceptors (Lipinski definition) is 3. The number of amides is 2. The van der Waals surface area contributed by atoms with E-state index in [1.165, 1.54) is 0 Å². The fraction of sp³-hybridized carbons (Fsp3) is 0.375. The molecule has 2 aromatic rings. The van der Waals surface area contributed by atoms with Gasteiger partial charge < -0.3 is 20.3 Å². The van der Waals surface area contributed by atoms with Gasteiger partial charge in [-0.2, -0.15) is 0 Å². The van der Waals surface area contributed by atoms with Gasteiger partial charge in [0.1, 0.15) is 6.04 Å². The van der Waals surface area contributed by atoms with Crippen molar-refractivity contribution in [1.29, 1.82) is 0 Å². The van der Waals surface area contributed by atoms with Crippen LogP contribution in [-0.2, 0) is 16.1 Å². The number of aromatic amines is 1. The van der Waals surface area contributed by atoms with Crippen LogP contribution in [0, 0.1) is 0 Å². The number of aromatic nitrogens is 1. The highest BCUT2D eigenvalue weighted by Crippen LogP contribution is 2.25. The number of para-hydroxylation sites is 1. The number of hydrogen-bond donors (Lipinski definition) is 3. The minimum atomic E-state index is -0.451. The summed E-state index contributed by atoms with van der Waals surface area (Å²) < 4.78 is 0. The number of rotatable bonds is 5. The van der Waals surface area contributed by atoms with Gasteiger partial charge in [-0.1, -0.05) is 18.2 Å². The summed E-state index contributed by atoms with van der Waals surface area (Å²) in [4.78, 5) is 29.1. The minimum Gasteiger partial charge on any atom is -0.395 e. The van der Waals surface area contributed by atoms with E-state index in [2.05, 4.69) is 10.3 Å². The smallest absolute Gasteiger partial charge is 0.242 e. The first-order chi connectivity index (χ1) is 10.7. The number of carbonyl (C=O) groups excluding carboxylic acids is 2. The first-order valence-electron chi connectivity index (χ1n) is 7.43. The maximum Gasteiger partial charge on any atom is 0.242 e. The van der Waals surface area contributed by atoms with E-state index in [0.29, 0.717) is 19.4 Å². The summed E-state index contributed by atoms with van der Waals surface area (Å²) in [5.74, 6) is -0.200. The normalized spacial score (nSPS) is 18.1. The van der Waals surface area contributed by atoms with Gasteiger partial charge in [0.2, 0.25) is 11.8 Å². The second-order valence-electron chi connectivity index (χ2n) is 5.45. The van der Waals surface area contributed by atoms with E-state index in [0.717, 1.165) is 16.5 Å². The van der Waals surface area contributed by atoms with E-state index in [4.69, 9.17) is 5.11 Å². The Morgan fingerprint density at radius 1 is 1.41 bits per heavy atom. The summed E-state index contributed by atoms with van der Waals surface area (Å²) in [7, 11) is 0. The molecule has 1 saturated heterocycles. The van der Waals surface area contributed by atoms with Gasteiger partial charge in [0.15, 0.2) is 0 Å². The molecule has 3 N–H and O–H groups in total. The third-order valence-electron chi connectivity index (χ3n) is 4.06. The molecule has 1 aliphatic heterocycles. The number of benzene rings is 1. The number of H-pyrrole nitrogens is 1. The number of likely N-dealkylation sites (tertiary alicyclic amines) is 1. The van der Waals surface area contributed by atoms with Gasteiger partial charge in [-0.25, -0.2) is 0 Å². The lowest BCUT2D eigenvalue weighted by molar-refractivity contribution is -0.135. The molecule has 2 amide bonds. The van der Waals surface area contributed by atoms with Crippen LogP contribution in [0.3, 0.4) is 0 Å². The van der Waals surface area contributed by atoms with Crippen molar-refractivity contribution in [2.24, 2.45) is 0 Å². The number of carbonyl (C=O) groups is 2. The summed E-state index contributed by atoms with van der Waals surface area (Å²) in [6.45, 7) is 0.527. The summed E-state index contributed by atoms with van der Waals surface area (Å²) >= 11 is 0. The fourth-order valence-corrected chi connectivity index (χ4v) is 2.95. The van der Waals surface area contributed by atoms with E-state index in [1.807, 2.05) is 30.5 Å². The Balaban J connectivity index is 1.79. The lowest BCUT2D eigenvalue weighted by atomic mass is 10.1. The summed E-state index contributed by atoms with van der Waals surface area (Å²) in [6.07, 6.45) is 2.80. The van der Waals surface area contributed by atoms with Crippen molar-refractivity contribution < 1.29 is 14.7 Å². The zero-order chi connectivity index (χ0) is 15.5. The maximum absolute atomic E-state index is 12.1.